The summed E-state index contributed by atoms with van der Waals surface area (Å²) in [7, 11) is -4.11. The molecule has 0 heterocycles. The van der Waals surface area contributed by atoms with Gasteiger partial charge in [-0.15, -0.1) is 0 Å². The van der Waals surface area contributed by atoms with Crippen molar-refractivity contribution in [3.63, 3.8) is 0 Å². The first-order valence-electron chi connectivity index (χ1n) is 2.72. The lowest BCUT2D eigenvalue weighted by atomic mass is 11.0. The van der Waals surface area contributed by atoms with Gasteiger partial charge in [0.1, 0.15) is 6.29 Å². The van der Waals surface area contributed by atoms with Crippen molar-refractivity contribution in [1.29, 1.82) is 0 Å². The molecule has 0 aliphatic heterocycles. The van der Waals surface area contributed by atoms with E-state index in [1.807, 2.05) is 0 Å². The van der Waals surface area contributed by atoms with Crippen molar-refractivity contribution in [1.82, 2.24) is 4.90 Å². The molecule has 0 aromatic heterocycles. The van der Waals surface area contributed by atoms with Crippen LogP contribution in [-0.2, 0) is 13.4 Å². The van der Waals surface area contributed by atoms with Gasteiger partial charge >= 0.3 is 15.9 Å². The van der Waals surface area contributed by atoms with E-state index in [0.717, 1.165) is 0 Å². The van der Waals surface area contributed by atoms with Gasteiger partial charge in [0.2, 0.25) is 0 Å². The van der Waals surface area contributed by atoms with Gasteiger partial charge in [0.05, 0.1) is 0 Å². The Labute approximate surface area is 65.3 Å². The molecule has 0 spiro atoms. The summed E-state index contributed by atoms with van der Waals surface area (Å²) in [6.07, 6.45) is -0.260. The van der Waals surface area contributed by atoms with Gasteiger partial charge in [-0.25, -0.2) is 4.31 Å². The second-order valence-corrected chi connectivity index (χ2v) is 5.04. The molecule has 0 aliphatic carbocycles. The highest BCUT2D eigenvalue weighted by Gasteiger charge is 2.22. The average molecular weight is 203 g/mol. The largest absolute Gasteiger partial charge is 0.348 e. The fourth-order valence-corrected chi connectivity index (χ4v) is 2.43. The average Bonchev–Trinajstić information content (AvgIpc) is 1.53. The van der Waals surface area contributed by atoms with E-state index < -0.39 is 15.9 Å². The van der Waals surface area contributed by atoms with E-state index >= 15 is 0 Å². The molecular formula is C3H11NO5P2. The Bertz CT molecular complexity index is 192. The smallest absolute Gasteiger partial charge is 0.326 e. The van der Waals surface area contributed by atoms with E-state index in [2.05, 4.69) is 4.31 Å². The number of hydrogen-bond acceptors (Lipinski definition) is 4. The van der Waals surface area contributed by atoms with Crippen molar-refractivity contribution in [3.8, 4) is 0 Å². The van der Waals surface area contributed by atoms with Crippen LogP contribution in [0.15, 0.2) is 0 Å². The van der Waals surface area contributed by atoms with Crippen LogP contribution >= 0.6 is 15.9 Å². The van der Waals surface area contributed by atoms with Crippen molar-refractivity contribution >= 4 is 15.9 Å². The molecule has 0 aromatic carbocycles. The minimum Gasteiger partial charge on any atom is -0.326 e. The van der Waals surface area contributed by atoms with Crippen molar-refractivity contribution in [3.05, 3.63) is 0 Å². The van der Waals surface area contributed by atoms with Gasteiger partial charge in [-0.2, -0.15) is 0 Å². The van der Waals surface area contributed by atoms with E-state index in [4.69, 9.17) is 9.79 Å². The molecular weight excluding hydrogens is 192 g/mol. The van der Waals surface area contributed by atoms with Crippen LogP contribution in [0, 0.1) is 0 Å². The molecule has 0 rings (SSSR count). The van der Waals surface area contributed by atoms with Crippen LogP contribution in [0.2, 0.25) is 0 Å². The summed E-state index contributed by atoms with van der Waals surface area (Å²) < 4.78 is 24.7. The number of hydrogen-bond donors (Lipinski definition) is 2. The summed E-state index contributed by atoms with van der Waals surface area (Å²) in [5, 5.41) is 0. The second-order valence-electron chi connectivity index (χ2n) is 2.22. The Hall–Kier alpha value is 0.300. The highest BCUT2D eigenvalue weighted by molar-refractivity contribution is 7.59. The molecule has 11 heavy (non-hydrogen) atoms. The number of nitrogens with zero attached hydrogens (tertiary/aromatic N) is 1. The van der Waals surface area contributed by atoms with Crippen molar-refractivity contribution in [2.75, 3.05) is 20.4 Å². The Kier molecular flexibility index (Phi) is 4.48. The summed E-state index contributed by atoms with van der Waals surface area (Å²) in [5.74, 6) is 0. The zero-order valence-corrected chi connectivity index (χ0v) is 8.12. The van der Waals surface area contributed by atoms with E-state index in [-0.39, 0.29) is 6.29 Å². The van der Waals surface area contributed by atoms with E-state index in [1.165, 1.54) is 4.90 Å². The SMILES string of the molecule is CN(C)CP(=O)(O)O[PH](=O)O. The first-order chi connectivity index (χ1) is 4.83. The lowest BCUT2D eigenvalue weighted by molar-refractivity contribution is 0.326. The molecule has 68 valence electrons. The predicted molar refractivity (Wildman–Crippen MR) is 40.7 cm³/mol. The third kappa shape index (κ3) is 6.69. The summed E-state index contributed by atoms with van der Waals surface area (Å²) in [6, 6.07) is 0. The van der Waals surface area contributed by atoms with E-state index in [0.29, 0.717) is 0 Å². The Morgan fingerprint density at radius 1 is 1.64 bits per heavy atom. The third-order valence-electron chi connectivity index (χ3n) is 0.682. The van der Waals surface area contributed by atoms with E-state index in [9.17, 15) is 9.13 Å². The molecule has 0 saturated heterocycles. The molecule has 0 radical (unpaired) electrons. The molecule has 8 heteroatoms. The van der Waals surface area contributed by atoms with Gasteiger partial charge in [0, 0.05) is 0 Å². The molecule has 0 bridgehead atoms. The van der Waals surface area contributed by atoms with E-state index in [1.54, 1.807) is 14.1 Å². The van der Waals surface area contributed by atoms with Crippen molar-refractivity contribution < 1.29 is 23.2 Å². The van der Waals surface area contributed by atoms with Crippen molar-refractivity contribution in [2.45, 2.75) is 0 Å². The van der Waals surface area contributed by atoms with Crippen LogP contribution in [0.1, 0.15) is 0 Å². The molecule has 2 atom stereocenters. The van der Waals surface area contributed by atoms with Gasteiger partial charge in [-0.05, 0) is 14.1 Å². The second kappa shape index (κ2) is 4.36. The monoisotopic (exact) mass is 203 g/mol. The summed E-state index contributed by atoms with van der Waals surface area (Å²) in [5.41, 5.74) is 0. The highest BCUT2D eigenvalue weighted by atomic mass is 31.2. The topological polar surface area (TPSA) is 87.1 Å². The minimum absolute atomic E-state index is 0.260. The van der Waals surface area contributed by atoms with Gasteiger partial charge in [0.15, 0.2) is 0 Å². The third-order valence-corrected chi connectivity index (χ3v) is 3.37. The zero-order chi connectivity index (χ0) is 9.07. The molecule has 0 fully saturated rings. The van der Waals surface area contributed by atoms with Crippen LogP contribution in [0.4, 0.5) is 0 Å². The van der Waals surface area contributed by atoms with Crippen LogP contribution in [-0.4, -0.2) is 35.1 Å². The van der Waals surface area contributed by atoms with Crippen LogP contribution < -0.4 is 0 Å². The van der Waals surface area contributed by atoms with Gasteiger partial charge in [-0.1, -0.05) is 0 Å². The predicted octanol–water partition coefficient (Wildman–Crippen LogP) is 0.0895. The molecule has 0 amide bonds. The first kappa shape index (κ1) is 11.3. The maximum atomic E-state index is 10.8. The fourth-order valence-electron chi connectivity index (χ4n) is 0.508. The zero-order valence-electron chi connectivity index (χ0n) is 6.22. The molecule has 2 N–H and O–H groups in total. The fraction of sp³-hybridized carbons (Fsp3) is 1.00. The van der Waals surface area contributed by atoms with Crippen LogP contribution in [0.3, 0.4) is 0 Å². The summed E-state index contributed by atoms with van der Waals surface area (Å²) >= 11 is 0. The Morgan fingerprint density at radius 3 is 2.36 bits per heavy atom. The number of rotatable bonds is 4. The molecule has 6 nitrogen and oxygen atoms in total. The van der Waals surface area contributed by atoms with Crippen molar-refractivity contribution in [2.24, 2.45) is 0 Å². The maximum Gasteiger partial charge on any atom is 0.348 e. The van der Waals surface area contributed by atoms with Gasteiger partial charge < -0.3 is 9.79 Å². The molecule has 0 saturated carbocycles. The standard InChI is InChI=1S/C3H11NO5P2/c1-4(2)3-11(7,8)9-10(5)6/h10H,3H2,1-2H3,(H,5,6)(H,7,8). The molecule has 2 unspecified atom stereocenters. The molecule has 0 aliphatic rings. The highest BCUT2D eigenvalue weighted by Crippen LogP contribution is 2.49. The Morgan fingerprint density at radius 2 is 2.09 bits per heavy atom. The van der Waals surface area contributed by atoms with Gasteiger partial charge in [-0.3, -0.25) is 14.0 Å². The van der Waals surface area contributed by atoms with Gasteiger partial charge in [0.25, 0.3) is 0 Å². The normalized spacial score (nSPS) is 19.7. The summed E-state index contributed by atoms with van der Waals surface area (Å²) in [6.45, 7) is 0. The maximum absolute atomic E-state index is 10.8. The van der Waals surface area contributed by atoms with Crippen LogP contribution in [0.25, 0.3) is 0 Å². The Balaban J connectivity index is 4.01. The summed E-state index contributed by atoms with van der Waals surface area (Å²) in [4.78, 5) is 18.4. The lowest BCUT2D eigenvalue weighted by Gasteiger charge is -2.13. The first-order valence-corrected chi connectivity index (χ1v) is 5.75. The lowest BCUT2D eigenvalue weighted by Crippen LogP contribution is -2.13. The minimum atomic E-state index is -3.90. The quantitative estimate of drug-likeness (QED) is 0.629. The van der Waals surface area contributed by atoms with Crippen LogP contribution in [0.5, 0.6) is 0 Å². The molecule has 0 aromatic rings.